The minimum absolute atomic E-state index is 0.175. The fraction of sp³-hybridized carbons (Fsp3) is 0.455. The molecule has 2 nitrogen and oxygen atoms in total. The summed E-state index contributed by atoms with van der Waals surface area (Å²) in [6, 6.07) is 7.54. The molecule has 0 saturated carbocycles. The Morgan fingerprint density at radius 1 is 1.36 bits per heavy atom. The molecule has 3 heteroatoms. The third-order valence-corrected chi connectivity index (χ3v) is 2.64. The van der Waals surface area contributed by atoms with Gasteiger partial charge < -0.3 is 10.6 Å². The zero-order chi connectivity index (χ0) is 9.97. The Morgan fingerprint density at radius 2 is 2.00 bits per heavy atom. The second kappa shape index (κ2) is 4.07. The molecule has 1 fully saturated rings. The molecule has 1 aliphatic heterocycles. The smallest absolute Gasteiger partial charge is 0.123 e. The van der Waals surface area contributed by atoms with E-state index in [-0.39, 0.29) is 5.82 Å². The average Bonchev–Trinajstić information content (AvgIpc) is 2.12. The van der Waals surface area contributed by atoms with Crippen LogP contribution in [0.1, 0.15) is 18.5 Å². The molecule has 1 aromatic rings. The maximum Gasteiger partial charge on any atom is 0.123 e. The van der Waals surface area contributed by atoms with Gasteiger partial charge >= 0.3 is 0 Å². The molecular weight excluding hydrogens is 179 g/mol. The second-order valence-electron chi connectivity index (χ2n) is 3.80. The summed E-state index contributed by atoms with van der Waals surface area (Å²) in [5.74, 6) is -0.175. The first-order valence-electron chi connectivity index (χ1n) is 4.98. The molecule has 14 heavy (non-hydrogen) atoms. The molecule has 0 amide bonds. The lowest BCUT2D eigenvalue weighted by molar-refractivity contribution is 0.338. The van der Waals surface area contributed by atoms with Crippen molar-refractivity contribution in [3.63, 3.8) is 0 Å². The van der Waals surface area contributed by atoms with E-state index in [0.717, 1.165) is 18.7 Å². The molecule has 1 aromatic carbocycles. The highest BCUT2D eigenvalue weighted by atomic mass is 19.1. The Balaban J connectivity index is 1.95. The molecule has 1 heterocycles. The number of rotatable bonds is 3. The minimum Gasteiger partial charge on any atom is -0.314 e. The maximum absolute atomic E-state index is 12.7. The van der Waals surface area contributed by atoms with E-state index < -0.39 is 0 Å². The largest absolute Gasteiger partial charge is 0.314 e. The van der Waals surface area contributed by atoms with Gasteiger partial charge in [0.05, 0.1) is 0 Å². The van der Waals surface area contributed by atoms with E-state index in [9.17, 15) is 4.39 Å². The van der Waals surface area contributed by atoms with Crippen LogP contribution in [0.15, 0.2) is 24.3 Å². The number of benzene rings is 1. The van der Waals surface area contributed by atoms with Gasteiger partial charge in [0.25, 0.3) is 0 Å². The zero-order valence-corrected chi connectivity index (χ0v) is 8.26. The summed E-state index contributed by atoms with van der Waals surface area (Å²) in [4.78, 5) is 0. The van der Waals surface area contributed by atoms with Gasteiger partial charge in [-0.1, -0.05) is 12.1 Å². The van der Waals surface area contributed by atoms with E-state index in [1.807, 2.05) is 12.1 Å². The molecule has 76 valence electrons. The molecule has 0 spiro atoms. The molecule has 1 atom stereocenters. The first kappa shape index (κ1) is 9.62. The van der Waals surface area contributed by atoms with Gasteiger partial charge in [-0.25, -0.2) is 4.39 Å². The van der Waals surface area contributed by atoms with Crippen LogP contribution in [-0.2, 0) is 0 Å². The SMILES string of the molecule is CC(NC1CNC1)c1ccc(F)cc1. The average molecular weight is 194 g/mol. The van der Waals surface area contributed by atoms with Gasteiger partial charge in [-0.2, -0.15) is 0 Å². The van der Waals surface area contributed by atoms with Crippen LogP contribution >= 0.6 is 0 Å². The predicted molar refractivity (Wildman–Crippen MR) is 54.6 cm³/mol. The highest BCUT2D eigenvalue weighted by Crippen LogP contribution is 2.14. The Kier molecular flexibility index (Phi) is 2.79. The predicted octanol–water partition coefficient (Wildman–Crippen LogP) is 1.45. The van der Waals surface area contributed by atoms with E-state index >= 15 is 0 Å². The summed E-state index contributed by atoms with van der Waals surface area (Å²) in [5.41, 5.74) is 1.14. The minimum atomic E-state index is -0.175. The molecule has 0 aliphatic carbocycles. The van der Waals surface area contributed by atoms with Gasteiger partial charge in [0.1, 0.15) is 5.82 Å². The fourth-order valence-corrected chi connectivity index (χ4v) is 1.61. The third-order valence-electron chi connectivity index (χ3n) is 2.64. The number of nitrogens with one attached hydrogen (secondary N) is 2. The number of halogens is 1. The molecule has 0 aromatic heterocycles. The first-order chi connectivity index (χ1) is 6.75. The van der Waals surface area contributed by atoms with Gasteiger partial charge in [0, 0.05) is 25.2 Å². The van der Waals surface area contributed by atoms with Crippen LogP contribution < -0.4 is 10.6 Å². The molecule has 2 rings (SSSR count). The van der Waals surface area contributed by atoms with Gasteiger partial charge in [-0.15, -0.1) is 0 Å². The topological polar surface area (TPSA) is 24.1 Å². The Morgan fingerprint density at radius 3 is 2.50 bits per heavy atom. The van der Waals surface area contributed by atoms with E-state index in [4.69, 9.17) is 0 Å². The Bertz CT molecular complexity index is 293. The van der Waals surface area contributed by atoms with Crippen molar-refractivity contribution in [3.8, 4) is 0 Å². The van der Waals surface area contributed by atoms with Crippen molar-refractivity contribution in [2.24, 2.45) is 0 Å². The van der Waals surface area contributed by atoms with Crippen molar-refractivity contribution in [2.75, 3.05) is 13.1 Å². The molecule has 0 bridgehead atoms. The fourth-order valence-electron chi connectivity index (χ4n) is 1.61. The number of hydrogen-bond donors (Lipinski definition) is 2. The lowest BCUT2D eigenvalue weighted by Gasteiger charge is -2.31. The second-order valence-corrected chi connectivity index (χ2v) is 3.80. The standard InChI is InChI=1S/C11H15FN2/c1-8(14-11-6-13-7-11)9-2-4-10(12)5-3-9/h2-5,8,11,13-14H,6-7H2,1H3. The molecule has 1 unspecified atom stereocenters. The summed E-state index contributed by atoms with van der Waals surface area (Å²) in [6.45, 7) is 4.17. The molecule has 2 N–H and O–H groups in total. The third kappa shape index (κ3) is 2.11. The van der Waals surface area contributed by atoms with Crippen LogP contribution in [-0.4, -0.2) is 19.1 Å². The summed E-state index contributed by atoms with van der Waals surface area (Å²) in [6.07, 6.45) is 0. The van der Waals surface area contributed by atoms with Crippen molar-refractivity contribution in [3.05, 3.63) is 35.6 Å². The lowest BCUT2D eigenvalue weighted by atomic mass is 10.1. The summed E-state index contributed by atoms with van der Waals surface area (Å²) >= 11 is 0. The van der Waals surface area contributed by atoms with Crippen molar-refractivity contribution < 1.29 is 4.39 Å². The first-order valence-corrected chi connectivity index (χ1v) is 4.98. The van der Waals surface area contributed by atoms with Crippen LogP contribution in [0.2, 0.25) is 0 Å². The maximum atomic E-state index is 12.7. The molecule has 0 radical (unpaired) electrons. The normalized spacial score (nSPS) is 19.0. The van der Waals surface area contributed by atoms with Crippen molar-refractivity contribution >= 4 is 0 Å². The van der Waals surface area contributed by atoms with E-state index in [0.29, 0.717) is 12.1 Å². The van der Waals surface area contributed by atoms with Crippen LogP contribution in [0.3, 0.4) is 0 Å². The monoisotopic (exact) mass is 194 g/mol. The summed E-state index contributed by atoms with van der Waals surface area (Å²) in [7, 11) is 0. The van der Waals surface area contributed by atoms with E-state index in [2.05, 4.69) is 17.6 Å². The Hall–Kier alpha value is -0.930. The number of hydrogen-bond acceptors (Lipinski definition) is 2. The van der Waals surface area contributed by atoms with Gasteiger partial charge in [0.15, 0.2) is 0 Å². The zero-order valence-electron chi connectivity index (χ0n) is 8.26. The quantitative estimate of drug-likeness (QED) is 0.761. The molecule has 1 aliphatic rings. The highest BCUT2D eigenvalue weighted by molar-refractivity contribution is 5.19. The van der Waals surface area contributed by atoms with Gasteiger partial charge in [-0.3, -0.25) is 0 Å². The van der Waals surface area contributed by atoms with Gasteiger partial charge in [-0.05, 0) is 24.6 Å². The molecular formula is C11H15FN2. The van der Waals surface area contributed by atoms with Crippen molar-refractivity contribution in [1.82, 2.24) is 10.6 Å². The van der Waals surface area contributed by atoms with E-state index in [1.54, 1.807) is 0 Å². The molecule has 1 saturated heterocycles. The van der Waals surface area contributed by atoms with E-state index in [1.165, 1.54) is 12.1 Å². The van der Waals surface area contributed by atoms with Crippen molar-refractivity contribution in [2.45, 2.75) is 19.0 Å². The van der Waals surface area contributed by atoms with Crippen molar-refractivity contribution in [1.29, 1.82) is 0 Å². The summed E-state index contributed by atoms with van der Waals surface area (Å²) < 4.78 is 12.7. The Labute approximate surface area is 83.5 Å². The van der Waals surface area contributed by atoms with Crippen LogP contribution in [0, 0.1) is 5.82 Å². The van der Waals surface area contributed by atoms with Crippen LogP contribution in [0.4, 0.5) is 4.39 Å². The highest BCUT2D eigenvalue weighted by Gasteiger charge is 2.18. The van der Waals surface area contributed by atoms with Crippen LogP contribution in [0.25, 0.3) is 0 Å². The lowest BCUT2D eigenvalue weighted by Crippen LogP contribution is -2.55. The van der Waals surface area contributed by atoms with Gasteiger partial charge in [0.2, 0.25) is 0 Å². The summed E-state index contributed by atoms with van der Waals surface area (Å²) in [5, 5.41) is 6.67. The van der Waals surface area contributed by atoms with Crippen LogP contribution in [0.5, 0.6) is 0 Å².